The van der Waals surface area contributed by atoms with Crippen molar-refractivity contribution in [2.24, 2.45) is 0 Å². The number of hydrogen-bond donors (Lipinski definition) is 0. The van der Waals surface area contributed by atoms with Crippen LogP contribution in [0.3, 0.4) is 0 Å². The number of carbonyl (C=O) groups is 2. The van der Waals surface area contributed by atoms with Crippen LogP contribution in [0.15, 0.2) is 66.9 Å². The average Bonchev–Trinajstić information content (AvgIpc) is 3.34. The molecule has 40 heavy (non-hydrogen) atoms. The highest BCUT2D eigenvalue weighted by atomic mass is 35.5. The minimum Gasteiger partial charge on any atom is -0.453 e. The van der Waals surface area contributed by atoms with Gasteiger partial charge < -0.3 is 4.74 Å². The fourth-order valence-corrected chi connectivity index (χ4v) is 5.13. The summed E-state index contributed by atoms with van der Waals surface area (Å²) in [7, 11) is 1.30. The van der Waals surface area contributed by atoms with Crippen LogP contribution in [0.2, 0.25) is 10.0 Å². The van der Waals surface area contributed by atoms with Gasteiger partial charge in [-0.1, -0.05) is 41.4 Å². The Morgan fingerprint density at radius 3 is 2.52 bits per heavy atom. The maximum atomic E-state index is 14.0. The lowest BCUT2D eigenvalue weighted by Crippen LogP contribution is -2.37. The van der Waals surface area contributed by atoms with Gasteiger partial charge in [-0.3, -0.25) is 14.6 Å². The molecular weight excluding hydrogens is 556 g/mol. The molecule has 0 bridgehead atoms. The Hall–Kier alpha value is -4.21. The summed E-state index contributed by atoms with van der Waals surface area (Å²) < 4.78 is 20.3. The van der Waals surface area contributed by atoms with E-state index >= 15 is 0 Å². The van der Waals surface area contributed by atoms with Gasteiger partial charge in [-0.2, -0.15) is 5.10 Å². The molecule has 0 saturated carbocycles. The lowest BCUT2D eigenvalue weighted by Gasteiger charge is -2.29. The quantitative estimate of drug-likeness (QED) is 0.269. The van der Waals surface area contributed by atoms with Crippen molar-refractivity contribution in [2.45, 2.75) is 13.5 Å². The number of pyridine rings is 1. The van der Waals surface area contributed by atoms with Crippen molar-refractivity contribution >= 4 is 52.7 Å². The molecule has 4 aromatic rings. The number of amides is 2. The van der Waals surface area contributed by atoms with Crippen LogP contribution in [0.5, 0.6) is 0 Å². The molecule has 3 heterocycles. The van der Waals surface area contributed by atoms with Crippen molar-refractivity contribution in [1.29, 1.82) is 0 Å². The molecule has 0 spiro atoms. The van der Waals surface area contributed by atoms with Gasteiger partial charge in [0.25, 0.3) is 5.91 Å². The third kappa shape index (κ3) is 5.30. The van der Waals surface area contributed by atoms with Gasteiger partial charge in [0.2, 0.25) is 0 Å². The fourth-order valence-electron chi connectivity index (χ4n) is 4.64. The lowest BCUT2D eigenvalue weighted by molar-refractivity contribution is 0.0977. The molecule has 8 nitrogen and oxygen atoms in total. The van der Waals surface area contributed by atoms with Crippen LogP contribution in [-0.4, -0.2) is 51.9 Å². The maximum absolute atomic E-state index is 14.0. The number of halogens is 3. The Balaban J connectivity index is 1.76. The standard InChI is InChI=1S/C29H24Cl2FN5O3/c1-3-36(25-6-4-5-13-33-25)28(38)26-22-17-35(29(39)40-2)16-19(14-18-7-10-21(32)11-8-18)27(22)37(34-26)24-12-9-20(30)15-23(24)31/h4-15H,3,16-17H2,1-2H3. The number of methoxy groups -OCH3 is 1. The molecular formula is C29H24Cl2FN5O3. The van der Waals surface area contributed by atoms with E-state index in [0.717, 1.165) is 0 Å². The minimum atomic E-state index is -0.566. The number of benzene rings is 2. The molecule has 0 radical (unpaired) electrons. The molecule has 0 N–H and O–H groups in total. The van der Waals surface area contributed by atoms with Gasteiger partial charge in [-0.15, -0.1) is 0 Å². The van der Waals surface area contributed by atoms with Crippen molar-refractivity contribution in [2.75, 3.05) is 25.1 Å². The predicted molar refractivity (Wildman–Crippen MR) is 152 cm³/mol. The van der Waals surface area contributed by atoms with Gasteiger partial charge in [0.1, 0.15) is 11.6 Å². The van der Waals surface area contributed by atoms with Crippen molar-refractivity contribution in [3.05, 3.63) is 105 Å². The Labute approximate surface area is 240 Å². The van der Waals surface area contributed by atoms with Gasteiger partial charge in [0.15, 0.2) is 5.69 Å². The third-order valence-corrected chi connectivity index (χ3v) is 7.01. The predicted octanol–water partition coefficient (Wildman–Crippen LogP) is 6.50. The summed E-state index contributed by atoms with van der Waals surface area (Å²) >= 11 is 12.8. The van der Waals surface area contributed by atoms with E-state index in [1.54, 1.807) is 59.4 Å². The van der Waals surface area contributed by atoms with Crippen LogP contribution in [0.4, 0.5) is 15.0 Å². The summed E-state index contributed by atoms with van der Waals surface area (Å²) in [5.74, 6) is -0.303. The molecule has 204 valence electrons. The second kappa shape index (κ2) is 11.5. The number of rotatable bonds is 5. The van der Waals surface area contributed by atoms with E-state index in [0.29, 0.717) is 50.5 Å². The van der Waals surface area contributed by atoms with Crippen LogP contribution in [-0.2, 0) is 11.3 Å². The normalized spacial score (nSPS) is 13.7. The van der Waals surface area contributed by atoms with Crippen molar-refractivity contribution in [3.63, 3.8) is 0 Å². The largest absolute Gasteiger partial charge is 0.453 e. The van der Waals surface area contributed by atoms with Crippen LogP contribution in [0.25, 0.3) is 17.3 Å². The zero-order valence-corrected chi connectivity index (χ0v) is 23.2. The van der Waals surface area contributed by atoms with Crippen LogP contribution in [0.1, 0.15) is 34.2 Å². The summed E-state index contributed by atoms with van der Waals surface area (Å²) in [6.07, 6.45) is 2.86. The molecule has 0 fully saturated rings. The monoisotopic (exact) mass is 579 g/mol. The minimum absolute atomic E-state index is 0.0643. The van der Waals surface area contributed by atoms with Gasteiger partial charge in [0.05, 0.1) is 36.6 Å². The smallest absolute Gasteiger partial charge is 0.410 e. The molecule has 0 atom stereocenters. The number of hydrogen-bond acceptors (Lipinski definition) is 5. The van der Waals surface area contributed by atoms with E-state index in [1.807, 2.05) is 13.0 Å². The third-order valence-electron chi connectivity index (χ3n) is 6.47. The molecule has 0 aliphatic carbocycles. The first-order chi connectivity index (χ1) is 19.3. The van der Waals surface area contributed by atoms with Gasteiger partial charge >= 0.3 is 6.09 Å². The molecule has 2 amide bonds. The van der Waals surface area contributed by atoms with E-state index in [-0.39, 0.29) is 24.6 Å². The summed E-state index contributed by atoms with van der Waals surface area (Å²) in [5, 5.41) is 5.53. The zero-order chi connectivity index (χ0) is 28.4. The van der Waals surface area contributed by atoms with Crippen molar-refractivity contribution < 1.29 is 18.7 Å². The van der Waals surface area contributed by atoms with E-state index in [4.69, 9.17) is 33.0 Å². The number of nitrogens with zero attached hydrogens (tertiary/aromatic N) is 5. The topological polar surface area (TPSA) is 80.6 Å². The zero-order valence-electron chi connectivity index (χ0n) is 21.6. The molecule has 1 aliphatic rings. The summed E-state index contributed by atoms with van der Waals surface area (Å²) in [5.41, 5.74) is 3.08. The highest BCUT2D eigenvalue weighted by Crippen LogP contribution is 2.36. The summed E-state index contributed by atoms with van der Waals surface area (Å²) in [6.45, 7) is 2.39. The average molecular weight is 580 g/mol. The van der Waals surface area contributed by atoms with E-state index in [9.17, 15) is 14.0 Å². The highest BCUT2D eigenvalue weighted by Gasteiger charge is 2.35. The molecule has 11 heteroatoms. The lowest BCUT2D eigenvalue weighted by atomic mass is 9.97. The summed E-state index contributed by atoms with van der Waals surface area (Å²) in [6, 6.07) is 16.2. The van der Waals surface area contributed by atoms with Gasteiger partial charge in [-0.05, 0) is 66.6 Å². The first-order valence-corrected chi connectivity index (χ1v) is 13.2. The summed E-state index contributed by atoms with van der Waals surface area (Å²) in [4.78, 5) is 34.1. The van der Waals surface area contributed by atoms with Crippen LogP contribution in [0, 0.1) is 5.82 Å². The number of anilines is 1. The van der Waals surface area contributed by atoms with Gasteiger partial charge in [-0.25, -0.2) is 18.9 Å². The molecule has 0 saturated heterocycles. The van der Waals surface area contributed by atoms with E-state index < -0.39 is 12.0 Å². The second-order valence-corrected chi connectivity index (χ2v) is 9.81. The number of ether oxygens (including phenoxy) is 1. The first kappa shape index (κ1) is 27.4. The molecule has 5 rings (SSSR count). The Morgan fingerprint density at radius 1 is 1.10 bits per heavy atom. The molecule has 2 aromatic heterocycles. The number of fused-ring (bicyclic) bond motifs is 1. The second-order valence-electron chi connectivity index (χ2n) is 8.97. The van der Waals surface area contributed by atoms with Gasteiger partial charge in [0, 0.05) is 23.3 Å². The fraction of sp³-hybridized carbons (Fsp3) is 0.172. The Morgan fingerprint density at radius 2 is 1.88 bits per heavy atom. The van der Waals surface area contributed by atoms with Crippen molar-refractivity contribution in [3.8, 4) is 5.69 Å². The number of carbonyl (C=O) groups excluding carboxylic acids is 2. The van der Waals surface area contributed by atoms with E-state index in [2.05, 4.69) is 4.98 Å². The number of aromatic nitrogens is 3. The Kier molecular flexibility index (Phi) is 7.86. The molecule has 2 aromatic carbocycles. The van der Waals surface area contributed by atoms with Crippen molar-refractivity contribution in [1.82, 2.24) is 19.7 Å². The van der Waals surface area contributed by atoms with E-state index in [1.165, 1.54) is 29.0 Å². The Bertz CT molecular complexity index is 1610. The maximum Gasteiger partial charge on any atom is 0.410 e. The highest BCUT2D eigenvalue weighted by molar-refractivity contribution is 6.35. The SMILES string of the molecule is CCN(C(=O)c1nn(-c2ccc(Cl)cc2Cl)c2c1CN(C(=O)OC)CC2=Cc1ccc(F)cc1)c1ccccn1. The van der Waals surface area contributed by atoms with Crippen LogP contribution >= 0.6 is 23.2 Å². The molecule has 1 aliphatic heterocycles. The first-order valence-electron chi connectivity index (χ1n) is 12.4. The van der Waals surface area contributed by atoms with Crippen LogP contribution < -0.4 is 4.90 Å². The molecule has 0 unspecified atom stereocenters.